The summed E-state index contributed by atoms with van der Waals surface area (Å²) in [6, 6.07) is 17.7. The van der Waals surface area contributed by atoms with Crippen molar-refractivity contribution in [3.05, 3.63) is 76.9 Å². The van der Waals surface area contributed by atoms with E-state index in [-0.39, 0.29) is 0 Å². The van der Waals surface area contributed by atoms with Gasteiger partial charge >= 0.3 is 0 Å². The Kier molecular flexibility index (Phi) is 3.50. The predicted octanol–water partition coefficient (Wildman–Crippen LogP) is 5.19. The van der Waals surface area contributed by atoms with Crippen molar-refractivity contribution < 1.29 is 0 Å². The standard InChI is InChI=1S/C19H20/c1-2-3-8-15-9-4-6-11-17(15)19-14-13-16-10-5-7-12-18(16)19/h4-7,9-14,19H,2-3,8H2,1H3. The normalized spacial score (nSPS) is 16.6. The molecule has 0 spiro atoms. The molecule has 0 heterocycles. The van der Waals surface area contributed by atoms with E-state index in [9.17, 15) is 0 Å². The second kappa shape index (κ2) is 5.44. The molecule has 0 aliphatic heterocycles. The highest BCUT2D eigenvalue weighted by Gasteiger charge is 2.20. The van der Waals surface area contributed by atoms with Crippen LogP contribution in [-0.2, 0) is 6.42 Å². The van der Waals surface area contributed by atoms with Crippen LogP contribution in [-0.4, -0.2) is 0 Å². The third kappa shape index (κ3) is 2.35. The second-order valence-corrected chi connectivity index (χ2v) is 5.27. The Labute approximate surface area is 115 Å². The lowest BCUT2D eigenvalue weighted by Gasteiger charge is -2.16. The molecule has 1 aliphatic carbocycles. The van der Waals surface area contributed by atoms with E-state index in [1.54, 1.807) is 0 Å². The minimum absolute atomic E-state index is 0.448. The molecule has 0 fully saturated rings. The molecule has 3 rings (SSSR count). The van der Waals surface area contributed by atoms with E-state index in [0.717, 1.165) is 0 Å². The van der Waals surface area contributed by atoms with Crippen LogP contribution in [0.1, 0.15) is 47.9 Å². The van der Waals surface area contributed by atoms with Gasteiger partial charge in [-0.3, -0.25) is 0 Å². The van der Waals surface area contributed by atoms with Crippen LogP contribution in [0.25, 0.3) is 6.08 Å². The van der Waals surface area contributed by atoms with Crippen LogP contribution in [0.3, 0.4) is 0 Å². The van der Waals surface area contributed by atoms with Crippen LogP contribution in [0.15, 0.2) is 54.6 Å². The molecule has 0 N–H and O–H groups in total. The van der Waals surface area contributed by atoms with Crippen LogP contribution in [0.4, 0.5) is 0 Å². The van der Waals surface area contributed by atoms with E-state index in [1.165, 1.54) is 41.5 Å². The summed E-state index contributed by atoms with van der Waals surface area (Å²) in [6.45, 7) is 2.26. The first-order valence-electron chi connectivity index (χ1n) is 7.25. The van der Waals surface area contributed by atoms with Gasteiger partial charge in [-0.2, -0.15) is 0 Å². The number of fused-ring (bicyclic) bond motifs is 1. The van der Waals surface area contributed by atoms with E-state index in [0.29, 0.717) is 5.92 Å². The molecule has 0 saturated heterocycles. The second-order valence-electron chi connectivity index (χ2n) is 5.27. The molecule has 0 saturated carbocycles. The fraction of sp³-hybridized carbons (Fsp3) is 0.263. The van der Waals surface area contributed by atoms with Crippen molar-refractivity contribution in [1.29, 1.82) is 0 Å². The van der Waals surface area contributed by atoms with Crippen molar-refractivity contribution in [2.45, 2.75) is 32.1 Å². The molecular weight excluding hydrogens is 228 g/mol. The first-order chi connectivity index (χ1) is 9.40. The van der Waals surface area contributed by atoms with Gasteiger partial charge in [0, 0.05) is 5.92 Å². The smallest absolute Gasteiger partial charge is 0.0281 e. The summed E-state index contributed by atoms with van der Waals surface area (Å²) in [5.41, 5.74) is 5.82. The molecule has 19 heavy (non-hydrogen) atoms. The van der Waals surface area contributed by atoms with E-state index >= 15 is 0 Å². The van der Waals surface area contributed by atoms with Crippen molar-refractivity contribution in [2.24, 2.45) is 0 Å². The molecule has 1 atom stereocenters. The third-order valence-electron chi connectivity index (χ3n) is 3.99. The Balaban J connectivity index is 1.98. The average Bonchev–Trinajstić information content (AvgIpc) is 2.89. The Bertz CT molecular complexity index is 592. The minimum atomic E-state index is 0.448. The van der Waals surface area contributed by atoms with Crippen molar-refractivity contribution in [1.82, 2.24) is 0 Å². The zero-order chi connectivity index (χ0) is 13.1. The summed E-state index contributed by atoms with van der Waals surface area (Å²) in [6.07, 6.45) is 8.33. The highest BCUT2D eigenvalue weighted by molar-refractivity contribution is 5.65. The molecule has 0 heteroatoms. The molecule has 96 valence electrons. The third-order valence-corrected chi connectivity index (χ3v) is 3.99. The Morgan fingerprint density at radius 2 is 1.63 bits per heavy atom. The number of unbranched alkanes of at least 4 members (excludes halogenated alkanes) is 1. The lowest BCUT2D eigenvalue weighted by Crippen LogP contribution is -2.01. The number of aryl methyl sites for hydroxylation is 1. The van der Waals surface area contributed by atoms with Crippen molar-refractivity contribution in [3.8, 4) is 0 Å². The highest BCUT2D eigenvalue weighted by atomic mass is 14.2. The largest absolute Gasteiger partial charge is 0.0720 e. The maximum atomic E-state index is 2.34. The number of hydrogen-bond donors (Lipinski definition) is 0. The zero-order valence-electron chi connectivity index (χ0n) is 11.5. The summed E-state index contributed by atoms with van der Waals surface area (Å²) in [4.78, 5) is 0. The van der Waals surface area contributed by atoms with E-state index in [4.69, 9.17) is 0 Å². The van der Waals surface area contributed by atoms with Gasteiger partial charge in [0.15, 0.2) is 0 Å². The van der Waals surface area contributed by atoms with E-state index in [2.05, 4.69) is 67.6 Å². The SMILES string of the molecule is CCCCc1ccccc1C1C=Cc2ccccc21. The molecule has 1 unspecified atom stereocenters. The van der Waals surface area contributed by atoms with Crippen molar-refractivity contribution >= 4 is 6.08 Å². The summed E-state index contributed by atoms with van der Waals surface area (Å²) in [5, 5.41) is 0. The lowest BCUT2D eigenvalue weighted by atomic mass is 9.88. The van der Waals surface area contributed by atoms with Gasteiger partial charge in [0.2, 0.25) is 0 Å². The quantitative estimate of drug-likeness (QED) is 0.698. The maximum Gasteiger partial charge on any atom is 0.0281 e. The molecule has 0 aromatic heterocycles. The van der Waals surface area contributed by atoms with E-state index < -0.39 is 0 Å². The molecule has 0 nitrogen and oxygen atoms in total. The number of rotatable bonds is 4. The predicted molar refractivity (Wildman–Crippen MR) is 82.4 cm³/mol. The first-order valence-corrected chi connectivity index (χ1v) is 7.25. The molecule has 2 aromatic carbocycles. The molecule has 0 radical (unpaired) electrons. The van der Waals surface area contributed by atoms with Gasteiger partial charge in [-0.25, -0.2) is 0 Å². The van der Waals surface area contributed by atoms with Gasteiger partial charge in [-0.05, 0) is 35.1 Å². The Morgan fingerprint density at radius 1 is 0.895 bits per heavy atom. The lowest BCUT2D eigenvalue weighted by molar-refractivity contribution is 0.784. The monoisotopic (exact) mass is 248 g/mol. The van der Waals surface area contributed by atoms with Gasteiger partial charge in [0.05, 0.1) is 0 Å². The van der Waals surface area contributed by atoms with Gasteiger partial charge in [-0.1, -0.05) is 74.0 Å². The van der Waals surface area contributed by atoms with Gasteiger partial charge < -0.3 is 0 Å². The summed E-state index contributed by atoms with van der Waals surface area (Å²) >= 11 is 0. The number of benzene rings is 2. The topological polar surface area (TPSA) is 0 Å². The van der Waals surface area contributed by atoms with E-state index in [1.807, 2.05) is 0 Å². The van der Waals surface area contributed by atoms with Gasteiger partial charge in [0.1, 0.15) is 0 Å². The number of hydrogen-bond acceptors (Lipinski definition) is 0. The molecule has 2 aromatic rings. The molecule has 0 bridgehead atoms. The fourth-order valence-corrected chi connectivity index (χ4v) is 2.95. The number of allylic oxidation sites excluding steroid dienone is 1. The van der Waals surface area contributed by atoms with Crippen molar-refractivity contribution in [2.75, 3.05) is 0 Å². The minimum Gasteiger partial charge on any atom is -0.0720 e. The van der Waals surface area contributed by atoms with Crippen molar-refractivity contribution in [3.63, 3.8) is 0 Å². The molecular formula is C19H20. The summed E-state index contributed by atoms with van der Waals surface area (Å²) in [7, 11) is 0. The fourth-order valence-electron chi connectivity index (χ4n) is 2.95. The Morgan fingerprint density at radius 3 is 2.47 bits per heavy atom. The van der Waals surface area contributed by atoms with Crippen LogP contribution in [0.2, 0.25) is 0 Å². The highest BCUT2D eigenvalue weighted by Crippen LogP contribution is 2.36. The summed E-state index contributed by atoms with van der Waals surface area (Å²) < 4.78 is 0. The molecule has 1 aliphatic rings. The summed E-state index contributed by atoms with van der Waals surface area (Å²) in [5.74, 6) is 0.448. The van der Waals surface area contributed by atoms with Gasteiger partial charge in [-0.15, -0.1) is 0 Å². The van der Waals surface area contributed by atoms with Crippen LogP contribution in [0.5, 0.6) is 0 Å². The Hall–Kier alpha value is -1.82. The van der Waals surface area contributed by atoms with Crippen LogP contribution in [0, 0.1) is 0 Å². The zero-order valence-corrected chi connectivity index (χ0v) is 11.5. The average molecular weight is 248 g/mol. The van der Waals surface area contributed by atoms with Crippen LogP contribution >= 0.6 is 0 Å². The first kappa shape index (κ1) is 12.2. The van der Waals surface area contributed by atoms with Gasteiger partial charge in [0.25, 0.3) is 0 Å². The maximum absolute atomic E-state index is 2.34. The van der Waals surface area contributed by atoms with Crippen LogP contribution < -0.4 is 0 Å². The molecule has 0 amide bonds.